The molecule has 1 aliphatic rings. The molecule has 0 nitrogen and oxygen atoms in total. The topological polar surface area (TPSA) is 0 Å². The highest BCUT2D eigenvalue weighted by Gasteiger charge is 2.45. The molecule has 1 rings (SSSR count). The monoisotopic (exact) mass is 276 g/mol. The van der Waals surface area contributed by atoms with Crippen LogP contribution in [0.2, 0.25) is 11.6 Å². The average molecular weight is 276 g/mol. The molecule has 108 valence electrons. The molecule has 0 aromatic rings. The Balaban J connectivity index is 2.48. The first kappa shape index (κ1) is 16.1. The van der Waals surface area contributed by atoms with E-state index in [-0.39, 0.29) is 17.5 Å². The van der Waals surface area contributed by atoms with Gasteiger partial charge in [-0.1, -0.05) is 65.2 Å². The van der Waals surface area contributed by atoms with Gasteiger partial charge in [0.25, 0.3) is 0 Å². The Bertz CT molecular complexity index is 211. The van der Waals surface area contributed by atoms with E-state index in [4.69, 9.17) is 0 Å². The van der Waals surface area contributed by atoms with Crippen LogP contribution in [-0.2, 0) is 0 Å². The Hall–Kier alpha value is 0.0769. The molecular formula is C15H30F2Si. The first-order chi connectivity index (χ1) is 8.60. The van der Waals surface area contributed by atoms with Gasteiger partial charge in [0.05, 0.1) is 0 Å². The Morgan fingerprint density at radius 1 is 1.06 bits per heavy atom. The molecule has 0 heterocycles. The minimum absolute atomic E-state index is 0.198. The molecule has 1 saturated carbocycles. The summed E-state index contributed by atoms with van der Waals surface area (Å²) in [4.78, 5) is 0. The maximum Gasteiger partial charge on any atom is 0.428 e. The molecule has 0 radical (unpaired) electrons. The van der Waals surface area contributed by atoms with Crippen LogP contribution in [0.25, 0.3) is 0 Å². The SMILES string of the molecule is CCCCC(CC)C[Si](F)(F)C1CCCCCC1. The van der Waals surface area contributed by atoms with Crippen LogP contribution in [0.4, 0.5) is 8.22 Å². The summed E-state index contributed by atoms with van der Waals surface area (Å²) >= 11 is 0. The summed E-state index contributed by atoms with van der Waals surface area (Å²) in [7, 11) is -3.97. The molecule has 0 spiro atoms. The summed E-state index contributed by atoms with van der Waals surface area (Å²) in [6.07, 6.45) is 10.3. The lowest BCUT2D eigenvalue weighted by molar-refractivity contribution is 0.427. The number of hydrogen-bond acceptors (Lipinski definition) is 0. The van der Waals surface area contributed by atoms with Crippen LogP contribution in [0.1, 0.15) is 78.1 Å². The summed E-state index contributed by atoms with van der Waals surface area (Å²) < 4.78 is 29.0. The van der Waals surface area contributed by atoms with Crippen molar-refractivity contribution in [2.24, 2.45) is 5.92 Å². The molecule has 0 aromatic carbocycles. The van der Waals surface area contributed by atoms with Crippen molar-refractivity contribution in [1.82, 2.24) is 0 Å². The third-order valence-corrected chi connectivity index (χ3v) is 7.45. The van der Waals surface area contributed by atoms with Crippen molar-refractivity contribution >= 4 is 8.74 Å². The highest BCUT2D eigenvalue weighted by atomic mass is 28.4. The molecule has 1 atom stereocenters. The van der Waals surface area contributed by atoms with Gasteiger partial charge in [0.1, 0.15) is 0 Å². The Kier molecular flexibility index (Phi) is 7.43. The fraction of sp³-hybridized carbons (Fsp3) is 1.00. The maximum atomic E-state index is 14.5. The third-order valence-electron chi connectivity index (χ3n) is 4.56. The fourth-order valence-electron chi connectivity index (χ4n) is 3.20. The number of halogens is 2. The molecule has 0 N–H and O–H groups in total. The molecule has 1 aliphatic carbocycles. The fourth-order valence-corrected chi connectivity index (χ4v) is 6.05. The number of hydrogen-bond donors (Lipinski definition) is 0. The van der Waals surface area contributed by atoms with Crippen molar-refractivity contribution in [2.45, 2.75) is 89.6 Å². The lowest BCUT2D eigenvalue weighted by Gasteiger charge is -2.26. The van der Waals surface area contributed by atoms with Crippen molar-refractivity contribution in [1.29, 1.82) is 0 Å². The van der Waals surface area contributed by atoms with Crippen molar-refractivity contribution in [3.63, 3.8) is 0 Å². The van der Waals surface area contributed by atoms with Crippen LogP contribution in [-0.4, -0.2) is 8.74 Å². The molecule has 0 saturated heterocycles. The minimum atomic E-state index is -3.97. The van der Waals surface area contributed by atoms with E-state index in [9.17, 15) is 8.22 Å². The predicted octanol–water partition coefficient (Wildman–Crippen LogP) is 6.31. The zero-order valence-corrected chi connectivity index (χ0v) is 13.2. The molecule has 0 bridgehead atoms. The summed E-state index contributed by atoms with van der Waals surface area (Å²) in [6, 6.07) is 0.272. The largest absolute Gasteiger partial charge is 0.428 e. The molecular weight excluding hydrogens is 246 g/mol. The van der Waals surface area contributed by atoms with Gasteiger partial charge < -0.3 is 0 Å². The van der Waals surface area contributed by atoms with E-state index in [1.165, 1.54) is 12.8 Å². The molecule has 18 heavy (non-hydrogen) atoms. The van der Waals surface area contributed by atoms with Gasteiger partial charge in [-0.15, -0.1) is 0 Å². The second-order valence-corrected chi connectivity index (χ2v) is 8.82. The van der Waals surface area contributed by atoms with E-state index in [0.29, 0.717) is 0 Å². The van der Waals surface area contributed by atoms with E-state index in [1.807, 2.05) is 0 Å². The van der Waals surface area contributed by atoms with Gasteiger partial charge in [0, 0.05) is 11.6 Å². The van der Waals surface area contributed by atoms with Gasteiger partial charge in [-0.2, -0.15) is 0 Å². The number of unbranched alkanes of at least 4 members (excludes halogenated alkanes) is 1. The lowest BCUT2D eigenvalue weighted by atomic mass is 10.0. The zero-order chi connectivity index (χ0) is 13.4. The number of rotatable bonds is 7. The normalized spacial score (nSPS) is 20.7. The highest BCUT2D eigenvalue weighted by Crippen LogP contribution is 2.42. The quantitative estimate of drug-likeness (QED) is 0.290. The van der Waals surface area contributed by atoms with Crippen LogP contribution in [0.5, 0.6) is 0 Å². The molecule has 1 unspecified atom stereocenters. The van der Waals surface area contributed by atoms with E-state index in [1.54, 1.807) is 0 Å². The standard InChI is InChI=1S/C15H30F2Si/c1-3-5-10-14(4-2)13-18(16,17)15-11-8-6-7-9-12-15/h14-15H,3-13H2,1-2H3. The van der Waals surface area contributed by atoms with Crippen LogP contribution < -0.4 is 0 Å². The van der Waals surface area contributed by atoms with Crippen LogP contribution in [0, 0.1) is 5.92 Å². The van der Waals surface area contributed by atoms with Gasteiger partial charge in [-0.25, -0.2) is 0 Å². The van der Waals surface area contributed by atoms with Crippen molar-refractivity contribution < 1.29 is 8.22 Å². The first-order valence-corrected chi connectivity index (χ1v) is 10.0. The summed E-state index contributed by atoms with van der Waals surface area (Å²) in [5.41, 5.74) is -0.198. The highest BCUT2D eigenvalue weighted by molar-refractivity contribution is 6.67. The van der Waals surface area contributed by atoms with Crippen LogP contribution in [0.15, 0.2) is 0 Å². The van der Waals surface area contributed by atoms with E-state index >= 15 is 0 Å². The second kappa shape index (κ2) is 8.29. The van der Waals surface area contributed by atoms with Gasteiger partial charge in [0.15, 0.2) is 0 Å². The van der Waals surface area contributed by atoms with Crippen molar-refractivity contribution in [2.75, 3.05) is 0 Å². The zero-order valence-electron chi connectivity index (χ0n) is 12.2. The van der Waals surface area contributed by atoms with E-state index in [0.717, 1.165) is 51.4 Å². The smallest absolute Gasteiger partial charge is 0.270 e. The maximum absolute atomic E-state index is 14.5. The Morgan fingerprint density at radius 2 is 1.67 bits per heavy atom. The predicted molar refractivity (Wildman–Crippen MR) is 77.5 cm³/mol. The van der Waals surface area contributed by atoms with Crippen LogP contribution >= 0.6 is 0 Å². The molecule has 0 aliphatic heterocycles. The Morgan fingerprint density at radius 3 is 2.17 bits per heavy atom. The minimum Gasteiger partial charge on any atom is -0.270 e. The average Bonchev–Trinajstić information content (AvgIpc) is 2.63. The second-order valence-electron chi connectivity index (χ2n) is 6.07. The molecule has 0 amide bonds. The van der Waals surface area contributed by atoms with Crippen molar-refractivity contribution in [3.8, 4) is 0 Å². The Labute approximate surface area is 113 Å². The summed E-state index contributed by atoms with van der Waals surface area (Å²) in [5.74, 6) is 0.287. The first-order valence-electron chi connectivity index (χ1n) is 7.98. The van der Waals surface area contributed by atoms with Gasteiger partial charge in [0.2, 0.25) is 0 Å². The molecule has 0 aromatic heterocycles. The van der Waals surface area contributed by atoms with E-state index in [2.05, 4.69) is 13.8 Å². The summed E-state index contributed by atoms with van der Waals surface area (Å²) in [5, 5.41) is 0. The summed E-state index contributed by atoms with van der Waals surface area (Å²) in [6.45, 7) is 4.23. The van der Waals surface area contributed by atoms with Crippen molar-refractivity contribution in [3.05, 3.63) is 0 Å². The van der Waals surface area contributed by atoms with Crippen LogP contribution in [0.3, 0.4) is 0 Å². The van der Waals surface area contributed by atoms with Gasteiger partial charge in [-0.05, 0) is 18.8 Å². The van der Waals surface area contributed by atoms with Gasteiger partial charge >= 0.3 is 8.74 Å². The van der Waals surface area contributed by atoms with Gasteiger partial charge in [-0.3, -0.25) is 8.22 Å². The molecule has 1 fully saturated rings. The van der Waals surface area contributed by atoms with E-state index < -0.39 is 8.74 Å². The lowest BCUT2D eigenvalue weighted by Crippen LogP contribution is -2.32. The third kappa shape index (κ3) is 5.37. The molecule has 3 heteroatoms.